The van der Waals surface area contributed by atoms with Crippen LogP contribution in [0.5, 0.6) is 0 Å². The van der Waals surface area contributed by atoms with Gasteiger partial charge in [-0.1, -0.05) is 42.1 Å². The van der Waals surface area contributed by atoms with Gasteiger partial charge in [0.2, 0.25) is 0 Å². The molecule has 0 aliphatic carbocycles. The van der Waals surface area contributed by atoms with E-state index in [9.17, 15) is 8.78 Å². The molecule has 0 aliphatic rings. The molecule has 3 nitrogen and oxygen atoms in total. The van der Waals surface area contributed by atoms with E-state index in [0.717, 1.165) is 11.6 Å². The summed E-state index contributed by atoms with van der Waals surface area (Å²) in [5.74, 6) is -0.746. The highest BCUT2D eigenvalue weighted by Gasteiger charge is 2.17. The van der Waals surface area contributed by atoms with Crippen molar-refractivity contribution in [3.63, 3.8) is 0 Å². The van der Waals surface area contributed by atoms with Crippen molar-refractivity contribution in [2.75, 3.05) is 6.26 Å². The first-order valence-corrected chi connectivity index (χ1v) is 7.43. The van der Waals surface area contributed by atoms with Crippen molar-refractivity contribution >= 4 is 11.8 Å². The van der Waals surface area contributed by atoms with Gasteiger partial charge in [0, 0.05) is 11.6 Å². The van der Waals surface area contributed by atoms with Crippen LogP contribution in [-0.2, 0) is 0 Å². The van der Waals surface area contributed by atoms with E-state index < -0.39 is 11.6 Å². The summed E-state index contributed by atoms with van der Waals surface area (Å²) in [7, 11) is 0. The normalized spacial score (nSPS) is 10.8. The average molecular weight is 303 g/mol. The summed E-state index contributed by atoms with van der Waals surface area (Å²) in [5, 5.41) is 8.74. The summed E-state index contributed by atoms with van der Waals surface area (Å²) in [5.41, 5.74) is 1.04. The second-order valence-corrected chi connectivity index (χ2v) is 5.08. The molecule has 0 bridgehead atoms. The number of benzene rings is 2. The fourth-order valence-electron chi connectivity index (χ4n) is 2.06. The van der Waals surface area contributed by atoms with Crippen LogP contribution >= 0.6 is 11.8 Å². The summed E-state index contributed by atoms with van der Waals surface area (Å²) >= 11 is 1.35. The highest BCUT2D eigenvalue weighted by atomic mass is 32.2. The number of nitrogens with zero attached hydrogens (tertiary/aromatic N) is 3. The van der Waals surface area contributed by atoms with Crippen LogP contribution in [0.1, 0.15) is 0 Å². The minimum Gasteiger partial charge on any atom is -0.267 e. The van der Waals surface area contributed by atoms with E-state index in [-0.39, 0.29) is 5.69 Å². The fourth-order valence-corrected chi connectivity index (χ4v) is 2.55. The Morgan fingerprint density at radius 3 is 2.43 bits per heavy atom. The van der Waals surface area contributed by atoms with Crippen molar-refractivity contribution in [1.82, 2.24) is 14.8 Å². The zero-order valence-electron chi connectivity index (χ0n) is 11.1. The van der Waals surface area contributed by atoms with Gasteiger partial charge in [-0.2, -0.15) is 0 Å². The highest BCUT2D eigenvalue weighted by molar-refractivity contribution is 7.98. The molecule has 0 atom stereocenters. The van der Waals surface area contributed by atoms with Crippen molar-refractivity contribution in [3.05, 3.63) is 60.2 Å². The highest BCUT2D eigenvalue weighted by Crippen LogP contribution is 2.28. The van der Waals surface area contributed by atoms with Crippen LogP contribution in [0.4, 0.5) is 8.78 Å². The molecule has 0 unspecified atom stereocenters. The van der Waals surface area contributed by atoms with Crippen molar-refractivity contribution in [3.8, 4) is 17.1 Å². The van der Waals surface area contributed by atoms with Gasteiger partial charge in [-0.25, -0.2) is 8.78 Å². The van der Waals surface area contributed by atoms with E-state index in [1.807, 2.05) is 36.6 Å². The van der Waals surface area contributed by atoms with Gasteiger partial charge in [-0.15, -0.1) is 10.2 Å². The summed E-state index contributed by atoms with van der Waals surface area (Å²) in [6.45, 7) is 0. The summed E-state index contributed by atoms with van der Waals surface area (Å²) in [6.07, 6.45) is 1.83. The molecule has 0 fully saturated rings. The molecule has 3 rings (SSSR count). The Morgan fingerprint density at radius 1 is 1.00 bits per heavy atom. The van der Waals surface area contributed by atoms with Gasteiger partial charge in [-0.05, 0) is 18.4 Å². The van der Waals surface area contributed by atoms with Gasteiger partial charge in [0.05, 0.1) is 5.69 Å². The lowest BCUT2D eigenvalue weighted by molar-refractivity contribution is 0.575. The topological polar surface area (TPSA) is 30.7 Å². The number of halogens is 2. The van der Waals surface area contributed by atoms with Crippen LogP contribution < -0.4 is 0 Å². The molecule has 3 aromatic rings. The zero-order chi connectivity index (χ0) is 14.8. The molecule has 0 saturated carbocycles. The van der Waals surface area contributed by atoms with Crippen LogP contribution in [0.15, 0.2) is 53.7 Å². The molecule has 0 radical (unpaired) electrons. The van der Waals surface area contributed by atoms with Gasteiger partial charge in [0.25, 0.3) is 0 Å². The van der Waals surface area contributed by atoms with Crippen molar-refractivity contribution in [1.29, 1.82) is 0 Å². The van der Waals surface area contributed by atoms with E-state index in [2.05, 4.69) is 10.2 Å². The molecule has 0 N–H and O–H groups in total. The number of rotatable bonds is 3. The molecule has 1 heterocycles. The van der Waals surface area contributed by atoms with Gasteiger partial charge in [0.15, 0.2) is 11.0 Å². The standard InChI is InChI=1S/C15H11F2N3S/c1-21-15-19-18-14(10-5-3-2-4-6-10)20(15)13-8-7-11(16)9-12(13)17/h2-9H,1H3. The fraction of sp³-hybridized carbons (Fsp3) is 0.0667. The Morgan fingerprint density at radius 2 is 1.76 bits per heavy atom. The summed E-state index contributed by atoms with van der Waals surface area (Å²) in [4.78, 5) is 0. The Bertz CT molecular complexity index is 772. The molecule has 0 saturated heterocycles. The molecule has 2 aromatic carbocycles. The van der Waals surface area contributed by atoms with E-state index in [0.29, 0.717) is 11.0 Å². The van der Waals surface area contributed by atoms with Gasteiger partial charge < -0.3 is 0 Å². The lowest BCUT2D eigenvalue weighted by atomic mass is 10.2. The first kappa shape index (κ1) is 13.8. The molecule has 1 aromatic heterocycles. The van der Waals surface area contributed by atoms with Crippen LogP contribution in [0.2, 0.25) is 0 Å². The first-order chi connectivity index (χ1) is 10.2. The van der Waals surface area contributed by atoms with E-state index in [1.54, 1.807) is 4.57 Å². The van der Waals surface area contributed by atoms with Gasteiger partial charge in [0.1, 0.15) is 11.6 Å². The maximum atomic E-state index is 14.1. The van der Waals surface area contributed by atoms with Crippen molar-refractivity contribution < 1.29 is 8.78 Å². The predicted octanol–water partition coefficient (Wildman–Crippen LogP) is 3.93. The van der Waals surface area contributed by atoms with Gasteiger partial charge in [-0.3, -0.25) is 4.57 Å². The van der Waals surface area contributed by atoms with Crippen LogP contribution in [0.25, 0.3) is 17.1 Å². The number of hydrogen-bond donors (Lipinski definition) is 0. The summed E-state index contributed by atoms with van der Waals surface area (Å²) in [6, 6.07) is 12.8. The minimum atomic E-state index is -0.651. The number of thioether (sulfide) groups is 1. The predicted molar refractivity (Wildman–Crippen MR) is 78.5 cm³/mol. The Hall–Kier alpha value is -2.21. The molecular formula is C15H11F2N3S. The SMILES string of the molecule is CSc1nnc(-c2ccccc2)n1-c1ccc(F)cc1F. The largest absolute Gasteiger partial charge is 0.267 e. The summed E-state index contributed by atoms with van der Waals surface area (Å²) < 4.78 is 28.8. The average Bonchev–Trinajstić information content (AvgIpc) is 2.92. The number of aromatic nitrogens is 3. The molecule has 6 heteroatoms. The maximum Gasteiger partial charge on any atom is 0.195 e. The number of hydrogen-bond acceptors (Lipinski definition) is 3. The molecule has 21 heavy (non-hydrogen) atoms. The lowest BCUT2D eigenvalue weighted by Gasteiger charge is -2.10. The Balaban J connectivity index is 2.23. The monoisotopic (exact) mass is 303 g/mol. The molecule has 0 amide bonds. The van der Waals surface area contributed by atoms with Gasteiger partial charge >= 0.3 is 0 Å². The van der Waals surface area contributed by atoms with Crippen LogP contribution in [0, 0.1) is 11.6 Å². The van der Waals surface area contributed by atoms with Crippen molar-refractivity contribution in [2.45, 2.75) is 5.16 Å². The van der Waals surface area contributed by atoms with E-state index >= 15 is 0 Å². The van der Waals surface area contributed by atoms with E-state index in [1.165, 1.54) is 23.9 Å². The maximum absolute atomic E-state index is 14.1. The second-order valence-electron chi connectivity index (χ2n) is 4.31. The third kappa shape index (κ3) is 2.54. The molecule has 106 valence electrons. The van der Waals surface area contributed by atoms with Crippen molar-refractivity contribution in [2.24, 2.45) is 0 Å². The quantitative estimate of drug-likeness (QED) is 0.687. The van der Waals surface area contributed by atoms with Crippen LogP contribution in [0.3, 0.4) is 0 Å². The second kappa shape index (κ2) is 5.65. The minimum absolute atomic E-state index is 0.226. The van der Waals surface area contributed by atoms with Crippen LogP contribution in [-0.4, -0.2) is 21.0 Å². The molecule has 0 aliphatic heterocycles. The third-order valence-corrected chi connectivity index (χ3v) is 3.63. The molecule has 0 spiro atoms. The first-order valence-electron chi connectivity index (χ1n) is 6.21. The van der Waals surface area contributed by atoms with E-state index in [4.69, 9.17) is 0 Å². The molecular weight excluding hydrogens is 292 g/mol. The zero-order valence-corrected chi connectivity index (χ0v) is 11.9. The smallest absolute Gasteiger partial charge is 0.195 e. The Kier molecular flexibility index (Phi) is 3.70. The Labute approximate surface area is 124 Å². The lowest BCUT2D eigenvalue weighted by Crippen LogP contribution is -2.02. The third-order valence-electron chi connectivity index (χ3n) is 3.00.